The summed E-state index contributed by atoms with van der Waals surface area (Å²) in [6.07, 6.45) is -5.77. The minimum absolute atomic E-state index is 0.476. The number of urea groups is 1. The molecule has 3 amide bonds. The normalized spacial score (nSPS) is 25.8. The van der Waals surface area contributed by atoms with E-state index in [9.17, 15) is 34.1 Å². The molecule has 17 heteroatoms. The van der Waals surface area contributed by atoms with Gasteiger partial charge in [-0.3, -0.25) is 29.9 Å². The summed E-state index contributed by atoms with van der Waals surface area (Å²) in [7, 11) is 0. The van der Waals surface area contributed by atoms with Crippen molar-refractivity contribution < 1.29 is 48.0 Å². The smallest absolute Gasteiger partial charge is 0.332 e. The molecule has 2 aliphatic heterocycles. The number of imide groups is 1. The number of amidine groups is 1. The van der Waals surface area contributed by atoms with Crippen molar-refractivity contribution in [2.75, 3.05) is 6.61 Å². The van der Waals surface area contributed by atoms with Crippen molar-refractivity contribution in [3.8, 4) is 0 Å². The molecule has 2 fully saturated rings. The van der Waals surface area contributed by atoms with Gasteiger partial charge >= 0.3 is 23.9 Å². The van der Waals surface area contributed by atoms with Crippen molar-refractivity contribution in [3.05, 3.63) is 10.1 Å². The summed E-state index contributed by atoms with van der Waals surface area (Å²) in [5.74, 6) is -5.44. The summed E-state index contributed by atoms with van der Waals surface area (Å²) in [5.41, 5.74) is 1.38. The minimum atomic E-state index is -1.64. The van der Waals surface area contributed by atoms with E-state index in [1.165, 1.54) is 5.43 Å². The number of nitro groups is 1. The monoisotopic (exact) mass is 458 g/mol. The summed E-state index contributed by atoms with van der Waals surface area (Å²) >= 11 is 0. The van der Waals surface area contributed by atoms with Crippen LogP contribution in [0.3, 0.4) is 0 Å². The van der Waals surface area contributed by atoms with Gasteiger partial charge in [-0.15, -0.1) is 0 Å². The van der Waals surface area contributed by atoms with E-state index >= 15 is 0 Å². The zero-order chi connectivity index (χ0) is 24.2. The van der Waals surface area contributed by atoms with Gasteiger partial charge in [-0.05, 0) is 0 Å². The number of ether oxygens (including phenoxy) is 4. The molecule has 2 heterocycles. The molecule has 2 rings (SSSR count). The molecule has 4 atom stereocenters. The average Bonchev–Trinajstić information content (AvgIpc) is 3.08. The van der Waals surface area contributed by atoms with Crippen molar-refractivity contribution >= 4 is 41.6 Å². The fourth-order valence-electron chi connectivity index (χ4n) is 2.88. The number of aliphatic imine (C=N–C) groups is 1. The molecular formula is C15H18N6O11. The third-order valence-corrected chi connectivity index (χ3v) is 3.88. The molecule has 2 saturated heterocycles. The van der Waals surface area contributed by atoms with Gasteiger partial charge in [-0.1, -0.05) is 5.43 Å². The number of carbonyl (C=O) groups is 5. The lowest BCUT2D eigenvalue weighted by molar-refractivity contribution is -0.525. The molecule has 174 valence electrons. The molecule has 2 aliphatic rings. The molecule has 0 radical (unpaired) electrons. The lowest BCUT2D eigenvalue weighted by Gasteiger charge is -2.27. The van der Waals surface area contributed by atoms with Crippen molar-refractivity contribution in [3.63, 3.8) is 0 Å². The Morgan fingerprint density at radius 1 is 1.19 bits per heavy atom. The first kappa shape index (κ1) is 24.1. The zero-order valence-corrected chi connectivity index (χ0v) is 16.8. The number of esters is 3. The molecule has 0 aromatic rings. The predicted octanol–water partition coefficient (Wildman–Crippen LogP) is -2.20. The third-order valence-electron chi connectivity index (χ3n) is 3.88. The van der Waals surface area contributed by atoms with Crippen molar-refractivity contribution in [1.29, 1.82) is 5.41 Å². The first-order chi connectivity index (χ1) is 14.9. The van der Waals surface area contributed by atoms with Crippen molar-refractivity contribution in [1.82, 2.24) is 15.6 Å². The Morgan fingerprint density at radius 2 is 1.78 bits per heavy atom. The summed E-state index contributed by atoms with van der Waals surface area (Å²) < 4.78 is 20.7. The van der Waals surface area contributed by atoms with Gasteiger partial charge in [0.2, 0.25) is 5.84 Å². The van der Waals surface area contributed by atoms with Crippen LogP contribution in [0.15, 0.2) is 4.99 Å². The summed E-state index contributed by atoms with van der Waals surface area (Å²) in [6, 6.07) is -1.13. The maximum absolute atomic E-state index is 12.4. The molecule has 3 N–H and O–H groups in total. The van der Waals surface area contributed by atoms with E-state index in [4.69, 9.17) is 24.4 Å². The van der Waals surface area contributed by atoms with E-state index in [1.54, 1.807) is 0 Å². The average molecular weight is 458 g/mol. The fourth-order valence-corrected chi connectivity index (χ4v) is 2.88. The van der Waals surface area contributed by atoms with Crippen LogP contribution < -0.4 is 10.7 Å². The molecule has 17 nitrogen and oxygen atoms in total. The highest BCUT2D eigenvalue weighted by molar-refractivity contribution is 6.48. The van der Waals surface area contributed by atoms with Gasteiger partial charge in [-0.25, -0.2) is 19.8 Å². The highest BCUT2D eigenvalue weighted by Gasteiger charge is 2.56. The van der Waals surface area contributed by atoms with Crippen LogP contribution in [0.5, 0.6) is 0 Å². The standard InChI is InChI=1S/C15H18N6O11/c1-5(22)29-4-8-9(30-6(2)23)10(31-7(3)24)13(32-8)20-11(12(25)18-15(20)26)17-14(16)19-21(27)28/h8-10,13H,4H2,1-3H3,(H2,16,19)(H,18,25,26)/b17-11+/t8-,9-,10-,13-/m1/s1. The molecule has 0 aromatic carbocycles. The quantitative estimate of drug-likeness (QED) is 0.0732. The lowest BCUT2D eigenvalue weighted by atomic mass is 10.1. The van der Waals surface area contributed by atoms with E-state index in [1.807, 2.05) is 5.32 Å². The first-order valence-electron chi connectivity index (χ1n) is 8.76. The number of amides is 3. The summed E-state index contributed by atoms with van der Waals surface area (Å²) in [5, 5.41) is 18.7. The second-order valence-electron chi connectivity index (χ2n) is 6.30. The molecule has 0 aliphatic carbocycles. The van der Waals surface area contributed by atoms with Gasteiger partial charge in [0.05, 0.1) is 0 Å². The number of carbonyl (C=O) groups excluding carboxylic acids is 5. The Balaban J connectivity index is 2.46. The maximum atomic E-state index is 12.4. The van der Waals surface area contributed by atoms with E-state index in [0.717, 1.165) is 20.8 Å². The van der Waals surface area contributed by atoms with Crippen LogP contribution in [0, 0.1) is 15.5 Å². The van der Waals surface area contributed by atoms with E-state index in [0.29, 0.717) is 4.90 Å². The number of guanidine groups is 1. The zero-order valence-electron chi connectivity index (χ0n) is 16.8. The molecule has 0 unspecified atom stereocenters. The molecule has 0 spiro atoms. The van der Waals surface area contributed by atoms with Crippen LogP contribution in [-0.4, -0.2) is 82.7 Å². The van der Waals surface area contributed by atoms with E-state index in [-0.39, 0.29) is 0 Å². The number of nitrogens with one attached hydrogen (secondary N) is 3. The second kappa shape index (κ2) is 9.77. The van der Waals surface area contributed by atoms with Crippen LogP contribution in [-0.2, 0) is 38.1 Å². The largest absolute Gasteiger partial charge is 0.463 e. The van der Waals surface area contributed by atoms with Crippen molar-refractivity contribution in [2.45, 2.75) is 45.3 Å². The minimum Gasteiger partial charge on any atom is -0.463 e. The number of nitrogens with zero attached hydrogens (tertiary/aromatic N) is 3. The molecule has 0 aromatic heterocycles. The van der Waals surface area contributed by atoms with Crippen LogP contribution in [0.2, 0.25) is 0 Å². The van der Waals surface area contributed by atoms with Gasteiger partial charge in [0.1, 0.15) is 12.7 Å². The number of hydrogen-bond acceptors (Lipinski definition) is 12. The molecule has 0 saturated carbocycles. The highest BCUT2D eigenvalue weighted by Crippen LogP contribution is 2.31. The van der Waals surface area contributed by atoms with Gasteiger partial charge in [0.25, 0.3) is 11.9 Å². The van der Waals surface area contributed by atoms with E-state index < -0.39 is 77.8 Å². The van der Waals surface area contributed by atoms with Gasteiger partial charge in [0, 0.05) is 20.8 Å². The molecule has 32 heavy (non-hydrogen) atoms. The van der Waals surface area contributed by atoms with E-state index in [2.05, 4.69) is 4.99 Å². The number of hydrazine groups is 1. The Kier molecular flexibility index (Phi) is 7.37. The Bertz CT molecular complexity index is 902. The summed E-state index contributed by atoms with van der Waals surface area (Å²) in [6.45, 7) is 2.69. The fraction of sp³-hybridized carbons (Fsp3) is 0.533. The predicted molar refractivity (Wildman–Crippen MR) is 97.1 cm³/mol. The Hall–Kier alpha value is -4.15. The topological polar surface area (TPSA) is 229 Å². The first-order valence-corrected chi connectivity index (χ1v) is 8.76. The second-order valence-corrected chi connectivity index (χ2v) is 6.30. The number of rotatable bonds is 6. The van der Waals surface area contributed by atoms with Crippen LogP contribution in [0.25, 0.3) is 0 Å². The lowest BCUT2D eigenvalue weighted by Crippen LogP contribution is -2.50. The Morgan fingerprint density at radius 3 is 2.31 bits per heavy atom. The van der Waals surface area contributed by atoms with Crippen LogP contribution in [0.4, 0.5) is 4.79 Å². The Labute approximate surface area is 178 Å². The van der Waals surface area contributed by atoms with Crippen molar-refractivity contribution in [2.24, 2.45) is 4.99 Å². The third kappa shape index (κ3) is 5.72. The van der Waals surface area contributed by atoms with Gasteiger partial charge in [-0.2, -0.15) is 4.99 Å². The number of hydrogen-bond donors (Lipinski definition) is 3. The summed E-state index contributed by atoms with van der Waals surface area (Å²) in [4.78, 5) is 73.4. The van der Waals surface area contributed by atoms with Gasteiger partial charge in [0.15, 0.2) is 23.5 Å². The van der Waals surface area contributed by atoms with Crippen LogP contribution in [0.1, 0.15) is 20.8 Å². The highest BCUT2D eigenvalue weighted by atomic mass is 16.7. The SMILES string of the molecule is CC(=O)OC[C@H]1O[C@@H](N2C(=O)NC(=O)/C2=N\C(=N)N[N+](=O)[O-])[C@H](OC(C)=O)[C@@H]1OC(C)=O. The van der Waals surface area contributed by atoms with Crippen LogP contribution >= 0.6 is 0 Å². The maximum Gasteiger partial charge on any atom is 0.332 e. The van der Waals surface area contributed by atoms with Gasteiger partial charge < -0.3 is 18.9 Å². The molecule has 0 bridgehead atoms. The molecular weight excluding hydrogens is 440 g/mol.